The number of rotatable bonds is 7. The van der Waals surface area contributed by atoms with Crippen LogP contribution < -0.4 is 24.3 Å². The van der Waals surface area contributed by atoms with Gasteiger partial charge in [0.1, 0.15) is 12.7 Å². The van der Waals surface area contributed by atoms with Gasteiger partial charge in [-0.1, -0.05) is 18.2 Å². The molecular formula is C27H31NO9. The summed E-state index contributed by atoms with van der Waals surface area (Å²) in [6.45, 7) is 1.65. The van der Waals surface area contributed by atoms with Crippen LogP contribution in [0.25, 0.3) is 0 Å². The quantitative estimate of drug-likeness (QED) is 0.474. The lowest BCUT2D eigenvalue weighted by Gasteiger charge is -2.40. The van der Waals surface area contributed by atoms with Crippen LogP contribution in [0.1, 0.15) is 31.2 Å². The second kappa shape index (κ2) is 12.0. The monoisotopic (exact) mass is 513 g/mol. The number of carbonyl (C=O) groups is 2. The molecule has 2 aromatic rings. The minimum absolute atomic E-state index is 0.0351. The summed E-state index contributed by atoms with van der Waals surface area (Å²) >= 11 is 0. The zero-order valence-electron chi connectivity index (χ0n) is 20.6. The van der Waals surface area contributed by atoms with E-state index >= 15 is 0 Å². The highest BCUT2D eigenvalue weighted by molar-refractivity contribution is 5.89. The first-order valence-corrected chi connectivity index (χ1v) is 12.1. The second-order valence-corrected chi connectivity index (χ2v) is 8.96. The Morgan fingerprint density at radius 3 is 2.30 bits per heavy atom. The Bertz CT molecular complexity index is 1110. The van der Waals surface area contributed by atoms with Crippen LogP contribution in [0.2, 0.25) is 0 Å². The maximum Gasteiger partial charge on any atom is 0.328 e. The third-order valence-corrected chi connectivity index (χ3v) is 6.65. The highest BCUT2D eigenvalue weighted by atomic mass is 16.7. The van der Waals surface area contributed by atoms with Crippen molar-refractivity contribution in [2.24, 2.45) is 0 Å². The zero-order chi connectivity index (χ0) is 26.3. The van der Waals surface area contributed by atoms with Gasteiger partial charge in [0.05, 0.1) is 5.60 Å². The van der Waals surface area contributed by atoms with Crippen molar-refractivity contribution < 1.29 is 43.5 Å². The first-order chi connectivity index (χ1) is 17.9. The Balaban J connectivity index is 0.000000349. The van der Waals surface area contributed by atoms with Gasteiger partial charge in [0.15, 0.2) is 23.0 Å². The van der Waals surface area contributed by atoms with Crippen LogP contribution in [0.3, 0.4) is 0 Å². The number of methoxy groups -OCH3 is 1. The summed E-state index contributed by atoms with van der Waals surface area (Å²) in [6.07, 6.45) is 5.17. The van der Waals surface area contributed by atoms with Gasteiger partial charge in [0.2, 0.25) is 6.79 Å². The number of benzene rings is 2. The molecule has 37 heavy (non-hydrogen) atoms. The number of para-hydroxylation sites is 2. The lowest BCUT2D eigenvalue weighted by molar-refractivity contribution is -0.134. The van der Waals surface area contributed by atoms with Gasteiger partial charge in [-0.05, 0) is 55.5 Å². The molecule has 0 aromatic heterocycles. The molecule has 1 aliphatic carbocycles. The number of carboxylic acids is 2. The molecule has 3 N–H and O–H groups in total. The van der Waals surface area contributed by atoms with E-state index < -0.39 is 11.9 Å². The number of hydrogen-bond acceptors (Lipinski definition) is 8. The molecule has 0 radical (unpaired) electrons. The molecule has 0 spiro atoms. The van der Waals surface area contributed by atoms with E-state index in [4.69, 9.17) is 33.9 Å². The summed E-state index contributed by atoms with van der Waals surface area (Å²) in [5.74, 6) is 0.769. The Morgan fingerprint density at radius 2 is 1.62 bits per heavy atom. The Morgan fingerprint density at radius 1 is 0.973 bits per heavy atom. The molecule has 198 valence electrons. The van der Waals surface area contributed by atoms with Crippen molar-refractivity contribution in [1.82, 2.24) is 5.32 Å². The fraction of sp³-hybridized carbons (Fsp3) is 0.407. The molecule has 0 unspecified atom stereocenters. The zero-order valence-corrected chi connectivity index (χ0v) is 20.6. The number of fused-ring (bicyclic) bond motifs is 2. The highest BCUT2D eigenvalue weighted by Crippen LogP contribution is 2.44. The fourth-order valence-electron chi connectivity index (χ4n) is 4.68. The van der Waals surface area contributed by atoms with Gasteiger partial charge >= 0.3 is 11.9 Å². The van der Waals surface area contributed by atoms with Crippen molar-refractivity contribution in [3.05, 3.63) is 60.2 Å². The normalized spacial score (nSPS) is 23.7. The Hall–Kier alpha value is -3.76. The summed E-state index contributed by atoms with van der Waals surface area (Å²) in [6, 6.07) is 14.5. The van der Waals surface area contributed by atoms with Crippen LogP contribution in [0.15, 0.2) is 54.6 Å². The van der Waals surface area contributed by atoms with Crippen LogP contribution in [-0.2, 0) is 19.9 Å². The van der Waals surface area contributed by atoms with Gasteiger partial charge in [-0.15, -0.1) is 0 Å². The van der Waals surface area contributed by atoms with E-state index in [1.807, 2.05) is 37.4 Å². The predicted molar refractivity (Wildman–Crippen MR) is 132 cm³/mol. The first-order valence-electron chi connectivity index (χ1n) is 12.1. The van der Waals surface area contributed by atoms with E-state index in [9.17, 15) is 9.59 Å². The minimum Gasteiger partial charge on any atom is -0.486 e. The second-order valence-electron chi connectivity index (χ2n) is 8.96. The summed E-state index contributed by atoms with van der Waals surface area (Å²) in [5.41, 5.74) is 0.908. The van der Waals surface area contributed by atoms with Gasteiger partial charge in [-0.25, -0.2) is 9.59 Å². The predicted octanol–water partition coefficient (Wildman–Crippen LogP) is 3.34. The number of aliphatic carboxylic acids is 2. The van der Waals surface area contributed by atoms with Crippen LogP contribution >= 0.6 is 0 Å². The SMILES string of the molecule is COC1(c2ccc3c(c2)OCO3)CCC(NC[C@@H]2COc3ccccc3O2)CC1.O=C(O)/C=C/C(=O)O. The molecule has 1 atom stereocenters. The molecule has 1 saturated carbocycles. The average molecular weight is 514 g/mol. The third-order valence-electron chi connectivity index (χ3n) is 6.65. The number of nitrogens with one attached hydrogen (secondary N) is 1. The average Bonchev–Trinajstić information content (AvgIpc) is 3.39. The lowest BCUT2D eigenvalue weighted by Crippen LogP contribution is -2.46. The van der Waals surface area contributed by atoms with Crippen LogP contribution in [0.4, 0.5) is 0 Å². The summed E-state index contributed by atoms with van der Waals surface area (Å²) in [5, 5.41) is 19.3. The van der Waals surface area contributed by atoms with Crippen molar-refractivity contribution in [2.75, 3.05) is 27.1 Å². The van der Waals surface area contributed by atoms with E-state index in [2.05, 4.69) is 17.4 Å². The van der Waals surface area contributed by atoms with Gasteiger partial charge in [-0.2, -0.15) is 0 Å². The van der Waals surface area contributed by atoms with Crippen LogP contribution in [0, 0.1) is 0 Å². The molecule has 10 nitrogen and oxygen atoms in total. The summed E-state index contributed by atoms with van der Waals surface area (Å²) in [4.78, 5) is 19.1. The van der Waals surface area contributed by atoms with Crippen molar-refractivity contribution in [3.8, 4) is 23.0 Å². The molecule has 3 aliphatic rings. The van der Waals surface area contributed by atoms with E-state index in [1.165, 1.54) is 5.56 Å². The first kappa shape index (κ1) is 26.3. The Kier molecular flexibility index (Phi) is 8.52. The lowest BCUT2D eigenvalue weighted by atomic mass is 9.77. The molecule has 2 aliphatic heterocycles. The highest BCUT2D eigenvalue weighted by Gasteiger charge is 2.38. The summed E-state index contributed by atoms with van der Waals surface area (Å²) in [7, 11) is 1.81. The van der Waals surface area contributed by atoms with Gasteiger partial charge in [-0.3, -0.25) is 0 Å². The van der Waals surface area contributed by atoms with Crippen LogP contribution in [-0.4, -0.2) is 61.4 Å². The summed E-state index contributed by atoms with van der Waals surface area (Å²) < 4.78 is 28.9. The topological polar surface area (TPSA) is 133 Å². The molecule has 1 fully saturated rings. The molecule has 0 bridgehead atoms. The van der Waals surface area contributed by atoms with E-state index in [1.54, 1.807) is 0 Å². The van der Waals surface area contributed by atoms with Crippen molar-refractivity contribution in [2.45, 2.75) is 43.4 Å². The van der Waals surface area contributed by atoms with Crippen molar-refractivity contribution >= 4 is 11.9 Å². The molecular weight excluding hydrogens is 482 g/mol. The molecule has 0 saturated heterocycles. The number of hydrogen-bond donors (Lipinski definition) is 3. The van der Waals surface area contributed by atoms with Crippen molar-refractivity contribution in [3.63, 3.8) is 0 Å². The van der Waals surface area contributed by atoms with Gasteiger partial charge in [0, 0.05) is 31.8 Å². The Labute approximate surface area is 214 Å². The number of ether oxygens (including phenoxy) is 5. The number of carboxylic acid groups (broad SMARTS) is 2. The van der Waals surface area contributed by atoms with E-state index in [0.29, 0.717) is 31.6 Å². The maximum atomic E-state index is 9.55. The third kappa shape index (κ3) is 6.72. The largest absolute Gasteiger partial charge is 0.486 e. The maximum absolute atomic E-state index is 9.55. The van der Waals surface area contributed by atoms with Gasteiger partial charge < -0.3 is 39.2 Å². The van der Waals surface area contributed by atoms with E-state index in [0.717, 1.165) is 55.2 Å². The van der Waals surface area contributed by atoms with Crippen molar-refractivity contribution in [1.29, 1.82) is 0 Å². The molecule has 10 heteroatoms. The molecule has 2 aromatic carbocycles. The smallest absolute Gasteiger partial charge is 0.328 e. The minimum atomic E-state index is -1.26. The molecule has 0 amide bonds. The van der Waals surface area contributed by atoms with E-state index in [-0.39, 0.29) is 11.7 Å². The molecule has 2 heterocycles. The fourth-order valence-corrected chi connectivity index (χ4v) is 4.68. The van der Waals surface area contributed by atoms with Crippen LogP contribution in [0.5, 0.6) is 23.0 Å². The molecule has 5 rings (SSSR count). The van der Waals surface area contributed by atoms with Gasteiger partial charge in [0.25, 0.3) is 0 Å². The standard InChI is InChI=1S/C23H27NO5.C4H4O4/c1-25-23(16-6-7-20-22(12-16)28-15-27-20)10-8-17(9-11-23)24-13-18-14-26-19-4-2-3-5-21(19)29-18;5-3(6)1-2-4(7)8/h2-7,12,17-18,24H,8-11,13-15H2,1H3;1-2H,(H,5,6)(H,7,8)/b;2-1+/t17?,18-,23?;/m1./s1.